The number of hydrogen-bond donors (Lipinski definition) is 1. The Morgan fingerprint density at radius 3 is 2.31 bits per heavy atom. The van der Waals surface area contributed by atoms with Gasteiger partial charge in [0.15, 0.2) is 11.5 Å². The third-order valence-electron chi connectivity index (χ3n) is 5.12. The molecule has 1 atom stereocenters. The SMILES string of the molecule is COc1cc(C)c(NC(=O)C2CCCN2S(=O)(=O)c2ccc(C)cc2)cc1OC. The van der Waals surface area contributed by atoms with E-state index in [0.717, 1.165) is 11.1 Å². The smallest absolute Gasteiger partial charge is 0.243 e. The number of rotatable bonds is 6. The second-order valence-electron chi connectivity index (χ2n) is 7.10. The largest absolute Gasteiger partial charge is 0.493 e. The lowest BCUT2D eigenvalue weighted by molar-refractivity contribution is -0.119. The molecule has 0 radical (unpaired) electrons. The summed E-state index contributed by atoms with van der Waals surface area (Å²) in [6.45, 7) is 4.06. The Hall–Kier alpha value is -2.58. The maximum Gasteiger partial charge on any atom is 0.243 e. The van der Waals surface area contributed by atoms with Crippen molar-refractivity contribution in [2.75, 3.05) is 26.1 Å². The summed E-state index contributed by atoms with van der Waals surface area (Å²) < 4.78 is 38.0. The van der Waals surface area contributed by atoms with E-state index in [1.165, 1.54) is 11.4 Å². The topological polar surface area (TPSA) is 84.9 Å². The number of sulfonamides is 1. The molecule has 3 rings (SSSR count). The summed E-state index contributed by atoms with van der Waals surface area (Å²) in [5.74, 6) is 0.699. The molecule has 156 valence electrons. The van der Waals surface area contributed by atoms with Crippen molar-refractivity contribution in [1.82, 2.24) is 4.31 Å². The number of aryl methyl sites for hydroxylation is 2. The summed E-state index contributed by atoms with van der Waals surface area (Å²) in [6.07, 6.45) is 1.11. The van der Waals surface area contributed by atoms with Crippen LogP contribution in [0.1, 0.15) is 24.0 Å². The van der Waals surface area contributed by atoms with E-state index >= 15 is 0 Å². The molecular weight excluding hydrogens is 392 g/mol. The van der Waals surface area contributed by atoms with Gasteiger partial charge >= 0.3 is 0 Å². The number of carbonyl (C=O) groups is 1. The zero-order valence-electron chi connectivity index (χ0n) is 17.1. The minimum atomic E-state index is -3.75. The summed E-state index contributed by atoms with van der Waals surface area (Å²) >= 11 is 0. The predicted octanol–water partition coefficient (Wildman–Crippen LogP) is 3.11. The van der Waals surface area contributed by atoms with Crippen LogP contribution in [-0.2, 0) is 14.8 Å². The number of methoxy groups -OCH3 is 2. The Balaban J connectivity index is 1.85. The van der Waals surface area contributed by atoms with Crippen LogP contribution < -0.4 is 14.8 Å². The fraction of sp³-hybridized carbons (Fsp3) is 0.381. The number of carbonyl (C=O) groups excluding carboxylic acids is 1. The van der Waals surface area contributed by atoms with Crippen LogP contribution in [0.15, 0.2) is 41.3 Å². The fourth-order valence-electron chi connectivity index (χ4n) is 3.47. The predicted molar refractivity (Wildman–Crippen MR) is 111 cm³/mol. The first-order valence-corrected chi connectivity index (χ1v) is 10.8. The normalized spacial score (nSPS) is 17.2. The Labute approximate surface area is 171 Å². The van der Waals surface area contributed by atoms with Crippen LogP contribution in [0.4, 0.5) is 5.69 Å². The van der Waals surface area contributed by atoms with Crippen LogP contribution in [0.5, 0.6) is 11.5 Å². The van der Waals surface area contributed by atoms with Crippen molar-refractivity contribution < 1.29 is 22.7 Å². The highest BCUT2D eigenvalue weighted by atomic mass is 32.2. The molecule has 1 fully saturated rings. The van der Waals surface area contributed by atoms with Crippen LogP contribution in [0, 0.1) is 13.8 Å². The standard InChI is InChI=1S/C21H26N2O5S/c1-14-7-9-16(10-8-14)29(25,26)23-11-5-6-18(23)21(24)22-17-13-20(28-4)19(27-3)12-15(17)2/h7-10,12-13,18H,5-6,11H2,1-4H3,(H,22,24). The van der Waals surface area contributed by atoms with Gasteiger partial charge in [0.25, 0.3) is 0 Å². The molecular formula is C21H26N2O5S. The van der Waals surface area contributed by atoms with Gasteiger partial charge < -0.3 is 14.8 Å². The first kappa shape index (κ1) is 21.1. The van der Waals surface area contributed by atoms with Gasteiger partial charge in [-0.25, -0.2) is 8.42 Å². The van der Waals surface area contributed by atoms with Gasteiger partial charge in [0.1, 0.15) is 6.04 Å². The maximum atomic E-state index is 13.1. The zero-order chi connectivity index (χ0) is 21.2. The Bertz CT molecular complexity index is 1000. The maximum absolute atomic E-state index is 13.1. The molecule has 0 saturated carbocycles. The first-order valence-electron chi connectivity index (χ1n) is 9.40. The molecule has 2 aromatic rings. The molecule has 0 aromatic heterocycles. The highest BCUT2D eigenvalue weighted by Gasteiger charge is 2.39. The molecule has 1 amide bonds. The molecule has 2 aromatic carbocycles. The van der Waals surface area contributed by atoms with Crippen LogP contribution in [0.2, 0.25) is 0 Å². The van der Waals surface area contributed by atoms with E-state index in [1.54, 1.807) is 43.5 Å². The van der Waals surface area contributed by atoms with E-state index in [4.69, 9.17) is 9.47 Å². The number of ether oxygens (including phenoxy) is 2. The van der Waals surface area contributed by atoms with Crippen molar-refractivity contribution in [2.45, 2.75) is 37.6 Å². The highest BCUT2D eigenvalue weighted by molar-refractivity contribution is 7.89. The van der Waals surface area contributed by atoms with Crippen molar-refractivity contribution in [3.8, 4) is 11.5 Å². The second kappa shape index (κ2) is 8.42. The molecule has 1 unspecified atom stereocenters. The molecule has 1 aliphatic rings. The van der Waals surface area contributed by atoms with E-state index in [1.807, 2.05) is 13.8 Å². The summed E-state index contributed by atoms with van der Waals surface area (Å²) in [7, 11) is -0.685. The molecule has 1 aliphatic heterocycles. The van der Waals surface area contributed by atoms with Gasteiger partial charge in [-0.3, -0.25) is 4.79 Å². The second-order valence-corrected chi connectivity index (χ2v) is 8.99. The van der Waals surface area contributed by atoms with Crippen molar-refractivity contribution in [1.29, 1.82) is 0 Å². The van der Waals surface area contributed by atoms with Gasteiger partial charge in [-0.2, -0.15) is 4.31 Å². The average molecular weight is 419 g/mol. The highest BCUT2D eigenvalue weighted by Crippen LogP contribution is 2.34. The molecule has 1 saturated heterocycles. The Morgan fingerprint density at radius 2 is 1.69 bits per heavy atom. The quantitative estimate of drug-likeness (QED) is 0.779. The molecule has 0 bridgehead atoms. The molecule has 29 heavy (non-hydrogen) atoms. The number of nitrogens with zero attached hydrogens (tertiary/aromatic N) is 1. The summed E-state index contributed by atoms with van der Waals surface area (Å²) in [5.41, 5.74) is 2.33. The van der Waals surface area contributed by atoms with Crippen LogP contribution in [-0.4, -0.2) is 45.4 Å². The molecule has 1 heterocycles. The van der Waals surface area contributed by atoms with Crippen LogP contribution in [0.25, 0.3) is 0 Å². The van der Waals surface area contributed by atoms with E-state index < -0.39 is 16.1 Å². The number of nitrogens with one attached hydrogen (secondary N) is 1. The van der Waals surface area contributed by atoms with Gasteiger partial charge in [-0.1, -0.05) is 17.7 Å². The lowest BCUT2D eigenvalue weighted by atomic mass is 10.1. The molecule has 0 aliphatic carbocycles. The molecule has 0 spiro atoms. The average Bonchev–Trinajstić information content (AvgIpc) is 3.20. The first-order chi connectivity index (χ1) is 13.8. The van der Waals surface area contributed by atoms with E-state index in [2.05, 4.69) is 5.32 Å². The number of anilines is 1. The number of benzene rings is 2. The zero-order valence-corrected chi connectivity index (χ0v) is 17.9. The lowest BCUT2D eigenvalue weighted by Crippen LogP contribution is -2.43. The van der Waals surface area contributed by atoms with E-state index in [-0.39, 0.29) is 10.8 Å². The van der Waals surface area contributed by atoms with Gasteiger partial charge in [0.05, 0.1) is 19.1 Å². The van der Waals surface area contributed by atoms with Crippen molar-refractivity contribution in [3.63, 3.8) is 0 Å². The molecule has 7 nitrogen and oxygen atoms in total. The minimum absolute atomic E-state index is 0.199. The summed E-state index contributed by atoms with van der Waals surface area (Å²) in [4.78, 5) is 13.2. The van der Waals surface area contributed by atoms with Crippen LogP contribution >= 0.6 is 0 Å². The number of hydrogen-bond acceptors (Lipinski definition) is 5. The summed E-state index contributed by atoms with van der Waals surface area (Å²) in [6, 6.07) is 9.36. The third-order valence-corrected chi connectivity index (χ3v) is 7.04. The lowest BCUT2D eigenvalue weighted by Gasteiger charge is -2.24. The van der Waals surface area contributed by atoms with Gasteiger partial charge in [0.2, 0.25) is 15.9 Å². The van der Waals surface area contributed by atoms with E-state index in [0.29, 0.717) is 36.6 Å². The molecule has 1 N–H and O–H groups in total. The van der Waals surface area contributed by atoms with Crippen molar-refractivity contribution in [2.24, 2.45) is 0 Å². The van der Waals surface area contributed by atoms with Crippen molar-refractivity contribution in [3.05, 3.63) is 47.5 Å². The van der Waals surface area contributed by atoms with E-state index in [9.17, 15) is 13.2 Å². The Kier molecular flexibility index (Phi) is 6.14. The van der Waals surface area contributed by atoms with Crippen molar-refractivity contribution >= 4 is 21.6 Å². The van der Waals surface area contributed by atoms with Crippen LogP contribution in [0.3, 0.4) is 0 Å². The monoisotopic (exact) mass is 418 g/mol. The van der Waals surface area contributed by atoms with Gasteiger partial charge in [-0.05, 0) is 50.5 Å². The molecule has 8 heteroatoms. The fourth-order valence-corrected chi connectivity index (χ4v) is 5.12. The third kappa shape index (κ3) is 4.23. The van der Waals surface area contributed by atoms with Gasteiger partial charge in [0, 0.05) is 18.3 Å². The minimum Gasteiger partial charge on any atom is -0.493 e. The Morgan fingerprint density at radius 1 is 1.07 bits per heavy atom. The number of amides is 1. The summed E-state index contributed by atoms with van der Waals surface area (Å²) in [5, 5.41) is 2.86. The van der Waals surface area contributed by atoms with Gasteiger partial charge in [-0.15, -0.1) is 0 Å².